The first-order chi connectivity index (χ1) is 7.26. The second-order valence-corrected chi connectivity index (χ2v) is 3.40. The van der Waals surface area contributed by atoms with Crippen LogP contribution in [0.4, 0.5) is 0 Å². The Balaban J connectivity index is 2.54. The van der Waals surface area contributed by atoms with Gasteiger partial charge in [0.05, 0.1) is 6.54 Å². The lowest BCUT2D eigenvalue weighted by Crippen LogP contribution is -1.95. The van der Waals surface area contributed by atoms with Crippen molar-refractivity contribution in [3.8, 4) is 0 Å². The van der Waals surface area contributed by atoms with Gasteiger partial charge in [-0.15, -0.1) is 0 Å². The first-order valence-electron chi connectivity index (χ1n) is 4.92. The Morgan fingerprint density at radius 2 is 1.87 bits per heavy atom. The molecule has 1 rings (SSSR count). The monoisotopic (exact) mass is 203 g/mol. The number of hydrogen-bond acceptors (Lipinski definition) is 3. The molecule has 0 aromatic heterocycles. The first kappa shape index (κ1) is 11.5. The predicted octanol–water partition coefficient (Wildman–Crippen LogP) is 1.58. The van der Waals surface area contributed by atoms with Crippen LogP contribution >= 0.6 is 0 Å². The van der Waals surface area contributed by atoms with Crippen molar-refractivity contribution in [3.63, 3.8) is 0 Å². The fraction of sp³-hybridized carbons (Fsp3) is 0.250. The van der Waals surface area contributed by atoms with Gasteiger partial charge in [0.1, 0.15) is 0 Å². The standard InChI is InChI=1S/C12H17N3/c1-10(6-13)8-15-9-12-4-2-11(7-14)3-5-12/h2-6,8H,7,9,13-14H2,1H3/b10-6-,15-8?. The number of benzene rings is 1. The van der Waals surface area contributed by atoms with Crippen molar-refractivity contribution < 1.29 is 0 Å². The summed E-state index contributed by atoms with van der Waals surface area (Å²) in [6.07, 6.45) is 3.32. The summed E-state index contributed by atoms with van der Waals surface area (Å²) in [5.74, 6) is 0. The van der Waals surface area contributed by atoms with Gasteiger partial charge in [-0.1, -0.05) is 24.3 Å². The molecule has 3 nitrogen and oxygen atoms in total. The van der Waals surface area contributed by atoms with Crippen LogP contribution < -0.4 is 11.5 Å². The molecule has 0 amide bonds. The molecule has 0 spiro atoms. The number of nitrogens with two attached hydrogens (primary N) is 2. The molecule has 0 atom stereocenters. The third kappa shape index (κ3) is 3.95. The van der Waals surface area contributed by atoms with E-state index in [0.29, 0.717) is 13.1 Å². The van der Waals surface area contributed by atoms with E-state index in [-0.39, 0.29) is 0 Å². The summed E-state index contributed by atoms with van der Waals surface area (Å²) in [6, 6.07) is 8.13. The molecule has 80 valence electrons. The van der Waals surface area contributed by atoms with Crippen molar-refractivity contribution in [2.24, 2.45) is 16.5 Å². The Bertz CT molecular complexity index is 350. The second-order valence-electron chi connectivity index (χ2n) is 3.40. The summed E-state index contributed by atoms with van der Waals surface area (Å²) in [7, 11) is 0. The van der Waals surface area contributed by atoms with Crippen LogP contribution in [-0.4, -0.2) is 6.21 Å². The maximum Gasteiger partial charge on any atom is 0.0639 e. The zero-order chi connectivity index (χ0) is 11.1. The van der Waals surface area contributed by atoms with Crippen LogP contribution in [0.1, 0.15) is 18.1 Å². The van der Waals surface area contributed by atoms with Crippen molar-refractivity contribution in [3.05, 3.63) is 47.2 Å². The van der Waals surface area contributed by atoms with Crippen molar-refractivity contribution >= 4 is 6.21 Å². The van der Waals surface area contributed by atoms with Gasteiger partial charge in [-0.2, -0.15) is 0 Å². The van der Waals surface area contributed by atoms with Gasteiger partial charge in [-0.25, -0.2) is 0 Å². The fourth-order valence-electron chi connectivity index (χ4n) is 1.12. The first-order valence-corrected chi connectivity index (χ1v) is 4.92. The summed E-state index contributed by atoms with van der Waals surface area (Å²) >= 11 is 0. The lowest BCUT2D eigenvalue weighted by Gasteiger charge is -1.99. The lowest BCUT2D eigenvalue weighted by atomic mass is 10.1. The Hall–Kier alpha value is -1.61. The molecule has 0 aliphatic heterocycles. The van der Waals surface area contributed by atoms with Crippen LogP contribution in [0.5, 0.6) is 0 Å². The minimum atomic E-state index is 0.582. The van der Waals surface area contributed by atoms with Crippen molar-refractivity contribution in [2.45, 2.75) is 20.0 Å². The number of allylic oxidation sites excluding steroid dienone is 1. The number of aliphatic imine (C=N–C) groups is 1. The summed E-state index contributed by atoms with van der Waals surface area (Å²) in [5, 5.41) is 0. The van der Waals surface area contributed by atoms with Gasteiger partial charge in [0.25, 0.3) is 0 Å². The van der Waals surface area contributed by atoms with Gasteiger partial charge >= 0.3 is 0 Å². The molecular weight excluding hydrogens is 186 g/mol. The Morgan fingerprint density at radius 1 is 1.27 bits per heavy atom. The predicted molar refractivity (Wildman–Crippen MR) is 64.5 cm³/mol. The highest BCUT2D eigenvalue weighted by Gasteiger charge is 1.91. The van der Waals surface area contributed by atoms with E-state index in [9.17, 15) is 0 Å². The van der Waals surface area contributed by atoms with E-state index < -0.39 is 0 Å². The van der Waals surface area contributed by atoms with Crippen LogP contribution in [0.2, 0.25) is 0 Å². The molecule has 4 N–H and O–H groups in total. The van der Waals surface area contributed by atoms with Crippen LogP contribution in [0.25, 0.3) is 0 Å². The van der Waals surface area contributed by atoms with Crippen molar-refractivity contribution in [1.29, 1.82) is 0 Å². The van der Waals surface area contributed by atoms with Gasteiger partial charge in [-0.05, 0) is 29.8 Å². The largest absolute Gasteiger partial charge is 0.404 e. The summed E-state index contributed by atoms with van der Waals surface area (Å²) in [6.45, 7) is 3.18. The highest BCUT2D eigenvalue weighted by molar-refractivity contribution is 5.77. The van der Waals surface area contributed by atoms with Gasteiger partial charge < -0.3 is 11.5 Å². The average Bonchev–Trinajstić information content (AvgIpc) is 2.29. The topological polar surface area (TPSA) is 64.4 Å². The van der Waals surface area contributed by atoms with E-state index in [1.54, 1.807) is 12.4 Å². The van der Waals surface area contributed by atoms with E-state index in [2.05, 4.69) is 4.99 Å². The van der Waals surface area contributed by atoms with Gasteiger partial charge in [0.2, 0.25) is 0 Å². The minimum absolute atomic E-state index is 0.582. The lowest BCUT2D eigenvalue weighted by molar-refractivity contribution is 1.04. The summed E-state index contributed by atoms with van der Waals surface area (Å²) in [5.41, 5.74) is 14.1. The molecular formula is C12H17N3. The molecule has 0 saturated heterocycles. The molecule has 0 saturated carbocycles. The third-order valence-corrected chi connectivity index (χ3v) is 2.09. The zero-order valence-corrected chi connectivity index (χ0v) is 8.98. The maximum absolute atomic E-state index is 5.51. The molecule has 0 unspecified atom stereocenters. The second kappa shape index (κ2) is 5.98. The SMILES string of the molecule is C/C(C=NCc1ccc(CN)cc1)=C/N. The Morgan fingerprint density at radius 3 is 2.40 bits per heavy atom. The maximum atomic E-state index is 5.51. The van der Waals surface area contributed by atoms with E-state index in [1.807, 2.05) is 31.2 Å². The fourth-order valence-corrected chi connectivity index (χ4v) is 1.12. The minimum Gasteiger partial charge on any atom is -0.404 e. The highest BCUT2D eigenvalue weighted by Crippen LogP contribution is 2.04. The van der Waals surface area contributed by atoms with Crippen LogP contribution in [-0.2, 0) is 13.1 Å². The average molecular weight is 203 g/mol. The molecule has 3 heteroatoms. The number of hydrogen-bond donors (Lipinski definition) is 2. The summed E-state index contributed by atoms with van der Waals surface area (Å²) < 4.78 is 0. The highest BCUT2D eigenvalue weighted by atomic mass is 14.7. The normalized spacial score (nSPS) is 12.3. The van der Waals surface area contributed by atoms with E-state index in [4.69, 9.17) is 11.5 Å². The molecule has 0 aliphatic carbocycles. The van der Waals surface area contributed by atoms with E-state index in [0.717, 1.165) is 11.1 Å². The molecule has 1 aromatic carbocycles. The van der Waals surface area contributed by atoms with Gasteiger partial charge in [-0.3, -0.25) is 4.99 Å². The third-order valence-electron chi connectivity index (χ3n) is 2.09. The van der Waals surface area contributed by atoms with Crippen LogP contribution in [0.3, 0.4) is 0 Å². The number of nitrogens with zero attached hydrogens (tertiary/aromatic N) is 1. The molecule has 0 aliphatic rings. The Kier molecular flexibility index (Phi) is 4.57. The molecule has 0 radical (unpaired) electrons. The number of rotatable bonds is 4. The molecule has 1 aromatic rings. The zero-order valence-electron chi connectivity index (χ0n) is 8.98. The van der Waals surface area contributed by atoms with E-state index in [1.165, 1.54) is 5.56 Å². The molecule has 0 heterocycles. The van der Waals surface area contributed by atoms with Gasteiger partial charge in [0, 0.05) is 12.8 Å². The molecule has 15 heavy (non-hydrogen) atoms. The molecule has 0 bridgehead atoms. The van der Waals surface area contributed by atoms with Gasteiger partial charge in [0.15, 0.2) is 0 Å². The smallest absolute Gasteiger partial charge is 0.0639 e. The van der Waals surface area contributed by atoms with E-state index >= 15 is 0 Å². The Labute approximate surface area is 90.5 Å². The van der Waals surface area contributed by atoms with Crippen LogP contribution in [0.15, 0.2) is 41.0 Å². The van der Waals surface area contributed by atoms with Crippen molar-refractivity contribution in [1.82, 2.24) is 0 Å². The molecule has 0 fully saturated rings. The summed E-state index contributed by atoms with van der Waals surface area (Å²) in [4.78, 5) is 4.26. The quantitative estimate of drug-likeness (QED) is 0.730. The van der Waals surface area contributed by atoms with Crippen molar-refractivity contribution in [2.75, 3.05) is 0 Å². The van der Waals surface area contributed by atoms with Crippen LogP contribution in [0, 0.1) is 0 Å².